The van der Waals surface area contributed by atoms with Crippen molar-refractivity contribution in [3.8, 4) is 5.75 Å². The van der Waals surface area contributed by atoms with Crippen molar-refractivity contribution < 1.29 is 14.3 Å². The molecule has 1 aliphatic rings. The van der Waals surface area contributed by atoms with Crippen LogP contribution in [0.25, 0.3) is 0 Å². The monoisotopic (exact) mass is 372 g/mol. The number of rotatable bonds is 5. The largest absolute Gasteiger partial charge is 0.497 e. The van der Waals surface area contributed by atoms with E-state index in [1.807, 2.05) is 18.7 Å². The number of fused-ring (bicyclic) bond motifs is 1. The highest BCUT2D eigenvalue weighted by Gasteiger charge is 2.31. The highest BCUT2D eigenvalue weighted by Crippen LogP contribution is 2.25. The van der Waals surface area contributed by atoms with Crippen LogP contribution in [0.15, 0.2) is 35.7 Å². The van der Waals surface area contributed by atoms with E-state index in [0.717, 1.165) is 6.42 Å². The molecule has 2 aromatic rings. The third-order valence-corrected chi connectivity index (χ3v) is 5.71. The molecule has 3 rings (SSSR count). The smallest absolute Gasteiger partial charge is 0.251 e. The molecule has 26 heavy (non-hydrogen) atoms. The second-order valence-electron chi connectivity index (χ2n) is 6.80. The predicted molar refractivity (Wildman–Crippen MR) is 103 cm³/mol. The Morgan fingerprint density at radius 3 is 2.58 bits per heavy atom. The number of hydrogen-bond donors (Lipinski definition) is 1. The number of thiophene rings is 1. The number of benzene rings is 1. The van der Waals surface area contributed by atoms with E-state index in [4.69, 9.17) is 4.74 Å². The minimum atomic E-state index is -0.537. The Labute approximate surface area is 158 Å². The predicted octanol–water partition coefficient (Wildman–Crippen LogP) is 3.10. The molecular weight excluding hydrogens is 348 g/mol. The molecule has 0 radical (unpaired) electrons. The molecule has 0 bridgehead atoms. The zero-order valence-electron chi connectivity index (χ0n) is 15.3. The van der Waals surface area contributed by atoms with Crippen molar-refractivity contribution in [2.45, 2.75) is 32.9 Å². The van der Waals surface area contributed by atoms with Gasteiger partial charge in [-0.05, 0) is 53.6 Å². The number of carbonyl (C=O) groups is 2. The normalized spacial score (nSPS) is 14.7. The molecule has 138 valence electrons. The van der Waals surface area contributed by atoms with Crippen molar-refractivity contribution in [2.24, 2.45) is 5.92 Å². The third-order valence-electron chi connectivity index (χ3n) is 4.69. The van der Waals surface area contributed by atoms with Gasteiger partial charge < -0.3 is 15.0 Å². The first-order valence-electron chi connectivity index (χ1n) is 8.78. The van der Waals surface area contributed by atoms with Gasteiger partial charge in [-0.2, -0.15) is 0 Å². The number of amides is 2. The van der Waals surface area contributed by atoms with E-state index in [0.29, 0.717) is 24.4 Å². The summed E-state index contributed by atoms with van der Waals surface area (Å²) in [6, 6.07) is 8.43. The summed E-state index contributed by atoms with van der Waals surface area (Å²) in [4.78, 5) is 28.8. The van der Waals surface area contributed by atoms with Gasteiger partial charge in [-0.25, -0.2) is 0 Å². The van der Waals surface area contributed by atoms with Crippen LogP contribution in [0.3, 0.4) is 0 Å². The molecule has 0 saturated heterocycles. The molecule has 1 atom stereocenters. The Hall–Kier alpha value is -2.34. The summed E-state index contributed by atoms with van der Waals surface area (Å²) in [6.45, 7) is 5.24. The SMILES string of the molecule is COc1ccc(C(=O)NC(C(=O)N2CCc3sccc3C2)C(C)C)cc1. The number of hydrogen-bond acceptors (Lipinski definition) is 4. The van der Waals surface area contributed by atoms with Crippen LogP contribution in [0.2, 0.25) is 0 Å². The van der Waals surface area contributed by atoms with E-state index in [-0.39, 0.29) is 17.7 Å². The van der Waals surface area contributed by atoms with Gasteiger partial charge in [0, 0.05) is 23.5 Å². The highest BCUT2D eigenvalue weighted by atomic mass is 32.1. The molecule has 5 nitrogen and oxygen atoms in total. The van der Waals surface area contributed by atoms with Crippen molar-refractivity contribution in [1.82, 2.24) is 10.2 Å². The molecule has 2 heterocycles. The lowest BCUT2D eigenvalue weighted by atomic mass is 10.00. The van der Waals surface area contributed by atoms with Crippen LogP contribution < -0.4 is 10.1 Å². The highest BCUT2D eigenvalue weighted by molar-refractivity contribution is 7.10. The van der Waals surface area contributed by atoms with E-state index < -0.39 is 6.04 Å². The summed E-state index contributed by atoms with van der Waals surface area (Å²) >= 11 is 1.75. The Balaban J connectivity index is 1.70. The maximum atomic E-state index is 13.0. The Morgan fingerprint density at radius 1 is 1.19 bits per heavy atom. The Morgan fingerprint density at radius 2 is 1.92 bits per heavy atom. The first-order chi connectivity index (χ1) is 12.5. The molecule has 0 aliphatic carbocycles. The summed E-state index contributed by atoms with van der Waals surface area (Å²) in [6.07, 6.45) is 0.885. The van der Waals surface area contributed by atoms with Gasteiger partial charge in [0.25, 0.3) is 5.91 Å². The number of nitrogens with one attached hydrogen (secondary N) is 1. The standard InChI is InChI=1S/C20H24N2O3S/c1-13(2)18(21-19(23)14-4-6-16(25-3)7-5-14)20(24)22-10-8-17-15(12-22)9-11-26-17/h4-7,9,11,13,18H,8,10,12H2,1-3H3,(H,21,23). The van der Waals surface area contributed by atoms with Crippen LogP contribution >= 0.6 is 11.3 Å². The first kappa shape index (κ1) is 18.5. The van der Waals surface area contributed by atoms with Gasteiger partial charge in [-0.15, -0.1) is 11.3 Å². The summed E-state index contributed by atoms with van der Waals surface area (Å²) in [5.41, 5.74) is 1.74. The lowest BCUT2D eigenvalue weighted by molar-refractivity contribution is -0.135. The van der Waals surface area contributed by atoms with Gasteiger partial charge in [0.1, 0.15) is 11.8 Å². The van der Waals surface area contributed by atoms with E-state index in [1.165, 1.54) is 10.4 Å². The summed E-state index contributed by atoms with van der Waals surface area (Å²) in [5, 5.41) is 4.99. The molecule has 1 aromatic carbocycles. The van der Waals surface area contributed by atoms with Crippen LogP contribution in [0.4, 0.5) is 0 Å². The van der Waals surface area contributed by atoms with Gasteiger partial charge in [0.15, 0.2) is 0 Å². The minimum absolute atomic E-state index is 0.00794. The van der Waals surface area contributed by atoms with Crippen LogP contribution in [0.1, 0.15) is 34.6 Å². The maximum Gasteiger partial charge on any atom is 0.251 e. The molecule has 0 spiro atoms. The van der Waals surface area contributed by atoms with Crippen molar-refractivity contribution >= 4 is 23.2 Å². The Kier molecular flexibility index (Phi) is 5.61. The molecule has 1 N–H and O–H groups in total. The van der Waals surface area contributed by atoms with E-state index in [2.05, 4.69) is 16.8 Å². The van der Waals surface area contributed by atoms with Crippen molar-refractivity contribution in [3.63, 3.8) is 0 Å². The van der Waals surface area contributed by atoms with Gasteiger partial charge in [-0.3, -0.25) is 9.59 Å². The van der Waals surface area contributed by atoms with E-state index >= 15 is 0 Å². The number of methoxy groups -OCH3 is 1. The van der Waals surface area contributed by atoms with E-state index in [9.17, 15) is 9.59 Å². The molecule has 0 saturated carbocycles. The van der Waals surface area contributed by atoms with Crippen LogP contribution in [-0.4, -0.2) is 36.4 Å². The molecular formula is C20H24N2O3S. The fourth-order valence-corrected chi connectivity index (χ4v) is 4.00. The maximum absolute atomic E-state index is 13.0. The average molecular weight is 372 g/mol. The summed E-state index contributed by atoms with van der Waals surface area (Å²) in [5.74, 6) is 0.443. The number of carbonyl (C=O) groups excluding carboxylic acids is 2. The van der Waals surface area contributed by atoms with Gasteiger partial charge >= 0.3 is 0 Å². The molecule has 1 aromatic heterocycles. The zero-order chi connectivity index (χ0) is 18.7. The second kappa shape index (κ2) is 7.91. The fourth-order valence-electron chi connectivity index (χ4n) is 3.11. The average Bonchev–Trinajstić information content (AvgIpc) is 3.13. The van der Waals surface area contributed by atoms with Gasteiger partial charge in [0.2, 0.25) is 5.91 Å². The van der Waals surface area contributed by atoms with Crippen LogP contribution in [-0.2, 0) is 17.8 Å². The summed E-state index contributed by atoms with van der Waals surface area (Å²) < 4.78 is 5.12. The van der Waals surface area contributed by atoms with Gasteiger partial charge in [-0.1, -0.05) is 13.8 Å². The molecule has 1 aliphatic heterocycles. The molecule has 1 unspecified atom stereocenters. The Bertz CT molecular complexity index is 783. The van der Waals surface area contributed by atoms with Crippen LogP contribution in [0, 0.1) is 5.92 Å². The fraction of sp³-hybridized carbons (Fsp3) is 0.400. The number of nitrogens with zero attached hydrogens (tertiary/aromatic N) is 1. The first-order valence-corrected chi connectivity index (χ1v) is 9.66. The van der Waals surface area contributed by atoms with E-state index in [1.54, 1.807) is 42.7 Å². The topological polar surface area (TPSA) is 58.6 Å². The number of ether oxygens (including phenoxy) is 1. The third kappa shape index (κ3) is 3.90. The molecule has 2 amide bonds. The van der Waals surface area contributed by atoms with Crippen molar-refractivity contribution in [3.05, 3.63) is 51.7 Å². The zero-order valence-corrected chi connectivity index (χ0v) is 16.1. The quantitative estimate of drug-likeness (QED) is 0.877. The van der Waals surface area contributed by atoms with Gasteiger partial charge in [0.05, 0.1) is 7.11 Å². The molecule has 6 heteroatoms. The summed E-state index contributed by atoms with van der Waals surface area (Å²) in [7, 11) is 1.58. The van der Waals surface area contributed by atoms with Crippen molar-refractivity contribution in [2.75, 3.05) is 13.7 Å². The minimum Gasteiger partial charge on any atom is -0.497 e. The lowest BCUT2D eigenvalue weighted by Crippen LogP contribution is -2.52. The molecule has 0 fully saturated rings. The van der Waals surface area contributed by atoms with Crippen LogP contribution in [0.5, 0.6) is 5.75 Å². The second-order valence-corrected chi connectivity index (χ2v) is 7.80. The lowest BCUT2D eigenvalue weighted by Gasteiger charge is -2.32. The van der Waals surface area contributed by atoms with Crippen molar-refractivity contribution in [1.29, 1.82) is 0 Å².